The van der Waals surface area contributed by atoms with Gasteiger partial charge in [-0.15, -0.1) is 0 Å². The number of carboxylic acid groups (broad SMARTS) is 1. The molecule has 0 aliphatic rings. The van der Waals surface area contributed by atoms with Crippen LogP contribution >= 0.6 is 0 Å². The number of rotatable bonds is 26. The molecule has 0 saturated heterocycles. The van der Waals surface area contributed by atoms with Crippen molar-refractivity contribution < 1.29 is 19.4 Å². The van der Waals surface area contributed by atoms with Crippen molar-refractivity contribution in [3.63, 3.8) is 0 Å². The third-order valence-corrected chi connectivity index (χ3v) is 6.35. The first kappa shape index (κ1) is 31.9. The molecule has 0 aromatic carbocycles. The lowest BCUT2D eigenvalue weighted by Crippen LogP contribution is -2.39. The number of esters is 1. The van der Waals surface area contributed by atoms with Gasteiger partial charge in [0.25, 0.3) is 0 Å². The van der Waals surface area contributed by atoms with Crippen molar-refractivity contribution in [2.75, 3.05) is 13.2 Å². The minimum absolute atomic E-state index is 0.0927. The highest BCUT2D eigenvalue weighted by molar-refractivity contribution is 5.81. The highest BCUT2D eigenvalue weighted by Crippen LogP contribution is 2.12. The number of hydrogen-bond donors (Lipinski definition) is 2. The first-order valence-electron chi connectivity index (χ1n) is 14.2. The number of carbonyl (C=O) groups excluding carboxylic acids is 1. The summed E-state index contributed by atoms with van der Waals surface area (Å²) in [5, 5.41) is 12.4. The molecule has 0 aromatic heterocycles. The molecular formula is C28H55NO4. The Kier molecular flexibility index (Phi) is 24.7. The number of hydrogen-bond acceptors (Lipinski definition) is 4. The number of carboxylic acids is 1. The standard InChI is InChI=1S/C28H55NO4/c1-3-5-7-9-11-13-14-15-16-18-20-22-24-33-27(30)25-26(28(31)32)29-23-21-19-17-12-10-8-6-4-2/h26,29H,3-25H2,1-2H3,(H,31,32). The lowest BCUT2D eigenvalue weighted by molar-refractivity contribution is -0.149. The maximum Gasteiger partial charge on any atom is 0.321 e. The Labute approximate surface area is 204 Å². The number of ether oxygens (including phenoxy) is 1. The van der Waals surface area contributed by atoms with Crippen LogP contribution in [0.4, 0.5) is 0 Å². The molecule has 2 N–H and O–H groups in total. The molecular weight excluding hydrogens is 414 g/mol. The maximum absolute atomic E-state index is 12.0. The van der Waals surface area contributed by atoms with Crippen LogP contribution < -0.4 is 5.32 Å². The van der Waals surface area contributed by atoms with Crippen molar-refractivity contribution in [1.29, 1.82) is 0 Å². The summed E-state index contributed by atoms with van der Waals surface area (Å²) < 4.78 is 5.26. The Morgan fingerprint density at radius 1 is 0.636 bits per heavy atom. The summed E-state index contributed by atoms with van der Waals surface area (Å²) in [6.07, 6.45) is 24.8. The maximum atomic E-state index is 12.0. The van der Waals surface area contributed by atoms with Crippen molar-refractivity contribution in [2.24, 2.45) is 0 Å². The van der Waals surface area contributed by atoms with E-state index in [0.29, 0.717) is 13.2 Å². The van der Waals surface area contributed by atoms with Crippen LogP contribution in [0.3, 0.4) is 0 Å². The molecule has 1 atom stereocenters. The van der Waals surface area contributed by atoms with Gasteiger partial charge in [-0.25, -0.2) is 0 Å². The fourth-order valence-corrected chi connectivity index (χ4v) is 4.14. The van der Waals surface area contributed by atoms with E-state index in [2.05, 4.69) is 19.2 Å². The average Bonchev–Trinajstić information content (AvgIpc) is 2.80. The molecule has 5 nitrogen and oxygen atoms in total. The predicted octanol–water partition coefficient (Wildman–Crippen LogP) is 7.80. The molecule has 0 aromatic rings. The molecule has 5 heteroatoms. The third-order valence-electron chi connectivity index (χ3n) is 6.35. The van der Waals surface area contributed by atoms with Crippen LogP contribution in [0.15, 0.2) is 0 Å². The van der Waals surface area contributed by atoms with Crippen molar-refractivity contribution in [3.8, 4) is 0 Å². The molecule has 0 amide bonds. The Balaban J connectivity index is 3.57. The van der Waals surface area contributed by atoms with E-state index >= 15 is 0 Å². The van der Waals surface area contributed by atoms with E-state index < -0.39 is 18.0 Å². The monoisotopic (exact) mass is 469 g/mol. The average molecular weight is 470 g/mol. The van der Waals surface area contributed by atoms with E-state index in [9.17, 15) is 14.7 Å². The Morgan fingerprint density at radius 3 is 1.45 bits per heavy atom. The van der Waals surface area contributed by atoms with Crippen LogP contribution in [0.2, 0.25) is 0 Å². The van der Waals surface area contributed by atoms with Crippen LogP contribution in [0.25, 0.3) is 0 Å². The van der Waals surface area contributed by atoms with Crippen LogP contribution in [-0.4, -0.2) is 36.2 Å². The lowest BCUT2D eigenvalue weighted by atomic mass is 10.1. The quantitative estimate of drug-likeness (QED) is 0.0998. The molecule has 0 spiro atoms. The highest BCUT2D eigenvalue weighted by Gasteiger charge is 2.21. The second kappa shape index (κ2) is 25.5. The van der Waals surface area contributed by atoms with E-state index in [1.165, 1.54) is 103 Å². The molecule has 33 heavy (non-hydrogen) atoms. The van der Waals surface area contributed by atoms with Crippen molar-refractivity contribution in [2.45, 2.75) is 155 Å². The Hall–Kier alpha value is -1.10. The van der Waals surface area contributed by atoms with Gasteiger partial charge in [-0.2, -0.15) is 0 Å². The predicted molar refractivity (Wildman–Crippen MR) is 139 cm³/mol. The van der Waals surface area contributed by atoms with E-state index in [1.807, 2.05) is 0 Å². The van der Waals surface area contributed by atoms with Gasteiger partial charge in [-0.05, 0) is 19.4 Å². The SMILES string of the molecule is CCCCCCCCCCCCCCOC(=O)CC(NCCCCCCCCCC)C(=O)O. The molecule has 0 bridgehead atoms. The van der Waals surface area contributed by atoms with Gasteiger partial charge in [0.15, 0.2) is 0 Å². The summed E-state index contributed by atoms with van der Waals surface area (Å²) in [5.74, 6) is -1.38. The van der Waals surface area contributed by atoms with Crippen LogP contribution in [0.5, 0.6) is 0 Å². The Bertz CT molecular complexity index is 442. The zero-order valence-corrected chi connectivity index (χ0v) is 22.0. The van der Waals surface area contributed by atoms with E-state index in [0.717, 1.165) is 25.7 Å². The van der Waals surface area contributed by atoms with E-state index in [-0.39, 0.29) is 6.42 Å². The van der Waals surface area contributed by atoms with Gasteiger partial charge in [0.2, 0.25) is 0 Å². The summed E-state index contributed by atoms with van der Waals surface area (Å²) in [7, 11) is 0. The van der Waals surface area contributed by atoms with Crippen LogP contribution in [-0.2, 0) is 14.3 Å². The topological polar surface area (TPSA) is 75.6 Å². The van der Waals surface area contributed by atoms with Gasteiger partial charge in [-0.3, -0.25) is 9.59 Å². The van der Waals surface area contributed by atoms with Gasteiger partial charge in [0.05, 0.1) is 13.0 Å². The van der Waals surface area contributed by atoms with Gasteiger partial charge in [0.1, 0.15) is 6.04 Å². The first-order valence-corrected chi connectivity index (χ1v) is 14.2. The molecule has 0 saturated carbocycles. The van der Waals surface area contributed by atoms with Crippen molar-refractivity contribution >= 4 is 11.9 Å². The van der Waals surface area contributed by atoms with E-state index in [4.69, 9.17) is 4.74 Å². The molecule has 1 unspecified atom stereocenters. The Morgan fingerprint density at radius 2 is 1.03 bits per heavy atom. The van der Waals surface area contributed by atoms with Crippen molar-refractivity contribution in [1.82, 2.24) is 5.32 Å². The normalized spacial score (nSPS) is 12.1. The molecule has 0 aliphatic carbocycles. The van der Waals surface area contributed by atoms with Crippen LogP contribution in [0.1, 0.15) is 149 Å². The number of unbranched alkanes of at least 4 members (excludes halogenated alkanes) is 18. The molecule has 0 fully saturated rings. The third kappa shape index (κ3) is 23.8. The summed E-state index contributed by atoms with van der Waals surface area (Å²) in [6.45, 7) is 5.52. The van der Waals surface area contributed by atoms with Gasteiger partial charge in [-0.1, -0.05) is 129 Å². The number of nitrogens with one attached hydrogen (secondary N) is 1. The molecule has 0 rings (SSSR count). The first-order chi connectivity index (χ1) is 16.1. The number of aliphatic carboxylic acids is 1. The summed E-state index contributed by atoms with van der Waals surface area (Å²) in [4.78, 5) is 23.4. The lowest BCUT2D eigenvalue weighted by Gasteiger charge is -2.14. The zero-order valence-electron chi connectivity index (χ0n) is 22.0. The van der Waals surface area contributed by atoms with Crippen LogP contribution in [0, 0.1) is 0 Å². The summed E-state index contributed by atoms with van der Waals surface area (Å²) >= 11 is 0. The van der Waals surface area contributed by atoms with Gasteiger partial charge in [0, 0.05) is 0 Å². The minimum atomic E-state index is -0.975. The fraction of sp³-hybridized carbons (Fsp3) is 0.929. The van der Waals surface area contributed by atoms with E-state index in [1.54, 1.807) is 0 Å². The van der Waals surface area contributed by atoms with Gasteiger partial charge < -0.3 is 15.2 Å². The molecule has 196 valence electrons. The molecule has 0 aliphatic heterocycles. The fourth-order valence-electron chi connectivity index (χ4n) is 4.14. The molecule has 0 radical (unpaired) electrons. The van der Waals surface area contributed by atoms with Crippen molar-refractivity contribution in [3.05, 3.63) is 0 Å². The number of carbonyl (C=O) groups is 2. The smallest absolute Gasteiger partial charge is 0.321 e. The highest BCUT2D eigenvalue weighted by atomic mass is 16.5. The minimum Gasteiger partial charge on any atom is -0.480 e. The summed E-state index contributed by atoms with van der Waals surface area (Å²) in [5.41, 5.74) is 0. The molecule has 0 heterocycles. The second-order valence-corrected chi connectivity index (χ2v) is 9.63. The summed E-state index contributed by atoms with van der Waals surface area (Å²) in [6, 6.07) is -0.843. The second-order valence-electron chi connectivity index (χ2n) is 9.63. The largest absolute Gasteiger partial charge is 0.480 e. The zero-order chi connectivity index (χ0) is 24.4. The van der Waals surface area contributed by atoms with Gasteiger partial charge >= 0.3 is 11.9 Å².